The zero-order valence-corrected chi connectivity index (χ0v) is 14.3. The minimum Gasteiger partial charge on any atom is -0.264 e. The molecule has 3 rings (SSSR count). The number of non-ortho nitro benzene ring substituents is 1. The van der Waals surface area contributed by atoms with Gasteiger partial charge in [0.15, 0.2) is 0 Å². The predicted octanol–water partition coefficient (Wildman–Crippen LogP) is 4.63. The summed E-state index contributed by atoms with van der Waals surface area (Å²) in [4.78, 5) is 10.6. The first-order valence-electron chi connectivity index (χ1n) is 7.63. The van der Waals surface area contributed by atoms with Crippen molar-refractivity contribution < 1.29 is 4.92 Å². The Labute approximate surface area is 144 Å². The van der Waals surface area contributed by atoms with Crippen molar-refractivity contribution in [3.05, 3.63) is 80.7 Å². The fraction of sp³-hybridized carbons (Fsp3) is 0.167. The number of hydrazone groups is 1. The summed E-state index contributed by atoms with van der Waals surface area (Å²) in [6.07, 6.45) is 0. The molecule has 0 bridgehead atoms. The highest BCUT2D eigenvalue weighted by Gasteiger charge is 2.19. The van der Waals surface area contributed by atoms with E-state index in [-0.39, 0.29) is 10.6 Å². The molecule has 0 atom stereocenters. The number of nitro groups is 1. The van der Waals surface area contributed by atoms with Crippen LogP contribution < -0.4 is 0 Å². The van der Waals surface area contributed by atoms with Gasteiger partial charge in [-0.2, -0.15) is 5.10 Å². The summed E-state index contributed by atoms with van der Waals surface area (Å²) >= 11 is 1.53. The molecule has 0 unspecified atom stereocenters. The van der Waals surface area contributed by atoms with Crippen molar-refractivity contribution in [2.75, 3.05) is 6.54 Å². The predicted molar refractivity (Wildman–Crippen MR) is 98.8 cm³/mol. The van der Waals surface area contributed by atoms with Crippen molar-refractivity contribution in [2.24, 2.45) is 5.10 Å². The van der Waals surface area contributed by atoms with E-state index in [1.165, 1.54) is 23.4 Å². The largest absolute Gasteiger partial charge is 0.270 e. The van der Waals surface area contributed by atoms with Crippen LogP contribution in [0.2, 0.25) is 0 Å². The number of hydrogen-bond acceptors (Lipinski definition) is 5. The van der Waals surface area contributed by atoms with E-state index in [0.29, 0.717) is 6.54 Å². The highest BCUT2D eigenvalue weighted by atomic mass is 32.2. The Balaban J connectivity index is 1.91. The Morgan fingerprint density at radius 3 is 2.58 bits per heavy atom. The maximum absolute atomic E-state index is 11.0. The minimum atomic E-state index is -0.378. The molecule has 122 valence electrons. The first-order chi connectivity index (χ1) is 11.6. The van der Waals surface area contributed by atoms with Gasteiger partial charge in [0.1, 0.15) is 5.04 Å². The van der Waals surface area contributed by atoms with E-state index in [1.54, 1.807) is 12.1 Å². The number of nitro benzene ring substituents is 1. The fourth-order valence-electron chi connectivity index (χ4n) is 2.42. The number of aryl methyl sites for hydroxylation is 1. The number of thioether (sulfide) groups is 1. The smallest absolute Gasteiger partial charge is 0.264 e. The molecule has 0 aromatic heterocycles. The zero-order valence-electron chi connectivity index (χ0n) is 13.5. The molecule has 2 aromatic rings. The molecule has 0 fully saturated rings. The zero-order chi connectivity index (χ0) is 17.1. The van der Waals surface area contributed by atoms with Crippen LogP contribution in [0.4, 0.5) is 5.69 Å². The van der Waals surface area contributed by atoms with Crippen LogP contribution in [0.1, 0.15) is 23.6 Å². The molecular formula is C18H17N3O2S. The van der Waals surface area contributed by atoms with Gasteiger partial charge in [0.25, 0.3) is 5.69 Å². The summed E-state index contributed by atoms with van der Waals surface area (Å²) < 4.78 is 0. The Morgan fingerprint density at radius 1 is 1.17 bits per heavy atom. The number of hydrogen-bond donors (Lipinski definition) is 0. The fourth-order valence-corrected chi connectivity index (χ4v) is 3.32. The molecule has 1 aliphatic heterocycles. The van der Waals surface area contributed by atoms with Crippen molar-refractivity contribution in [3.63, 3.8) is 0 Å². The van der Waals surface area contributed by atoms with Crippen LogP contribution in [-0.2, 0) is 0 Å². The van der Waals surface area contributed by atoms with Gasteiger partial charge in [0, 0.05) is 35.2 Å². The summed E-state index contributed by atoms with van der Waals surface area (Å²) in [6, 6.07) is 14.9. The summed E-state index contributed by atoms with van der Waals surface area (Å²) in [5, 5.41) is 20.5. The Bertz CT molecular complexity index is 828. The molecule has 0 spiro atoms. The molecule has 1 aliphatic rings. The Kier molecular flexibility index (Phi) is 4.66. The second-order valence-electron chi connectivity index (χ2n) is 5.42. The second-order valence-corrected chi connectivity index (χ2v) is 6.27. The third-order valence-corrected chi connectivity index (χ3v) is 4.60. The van der Waals surface area contributed by atoms with Gasteiger partial charge in [-0.3, -0.25) is 15.1 Å². The molecule has 0 aliphatic carbocycles. The van der Waals surface area contributed by atoms with Crippen LogP contribution >= 0.6 is 11.8 Å². The van der Waals surface area contributed by atoms with Crippen LogP contribution in [0, 0.1) is 17.0 Å². The van der Waals surface area contributed by atoms with E-state index in [1.807, 2.05) is 23.4 Å². The summed E-state index contributed by atoms with van der Waals surface area (Å²) in [5.74, 6) is 0. The summed E-state index contributed by atoms with van der Waals surface area (Å²) in [6.45, 7) is 4.75. The average Bonchev–Trinajstić information content (AvgIpc) is 2.62. The summed E-state index contributed by atoms with van der Waals surface area (Å²) in [5.41, 5.74) is 4.04. The topological polar surface area (TPSA) is 58.7 Å². The van der Waals surface area contributed by atoms with Crippen molar-refractivity contribution >= 4 is 28.2 Å². The molecule has 2 aromatic carbocycles. The van der Waals surface area contributed by atoms with E-state index in [9.17, 15) is 10.1 Å². The molecule has 24 heavy (non-hydrogen) atoms. The highest BCUT2D eigenvalue weighted by Crippen LogP contribution is 2.32. The monoisotopic (exact) mass is 339 g/mol. The molecule has 0 saturated heterocycles. The summed E-state index contributed by atoms with van der Waals surface area (Å²) in [7, 11) is 0. The molecule has 0 amide bonds. The lowest BCUT2D eigenvalue weighted by molar-refractivity contribution is -0.384. The van der Waals surface area contributed by atoms with Gasteiger partial charge in [-0.25, -0.2) is 0 Å². The number of benzene rings is 2. The Hall–Kier alpha value is -2.60. The average molecular weight is 339 g/mol. The second kappa shape index (κ2) is 6.88. The standard InChI is InChI=1S/C18H17N3O2S/c1-3-20-17(15-5-4-6-16(11-15)21(22)23)12-24-18(19-20)14-9-7-13(2)8-10-14/h4-12H,3H2,1-2H3. The SMILES string of the molecule is CCN1N=C(c2ccc(C)cc2)SC=C1c1cccc([N+](=O)[O-])c1. The number of rotatable bonds is 4. The van der Waals surface area contributed by atoms with Crippen LogP contribution in [0.25, 0.3) is 5.70 Å². The lowest BCUT2D eigenvalue weighted by Gasteiger charge is -2.25. The quantitative estimate of drug-likeness (QED) is 0.602. The maximum atomic E-state index is 11.0. The Morgan fingerprint density at radius 2 is 1.92 bits per heavy atom. The highest BCUT2D eigenvalue weighted by molar-refractivity contribution is 8.17. The maximum Gasteiger partial charge on any atom is 0.270 e. The normalized spacial score (nSPS) is 14.2. The van der Waals surface area contributed by atoms with Crippen LogP contribution in [0.3, 0.4) is 0 Å². The third-order valence-electron chi connectivity index (χ3n) is 3.72. The first kappa shape index (κ1) is 16.3. The van der Waals surface area contributed by atoms with Gasteiger partial charge in [-0.1, -0.05) is 53.7 Å². The van der Waals surface area contributed by atoms with Crippen molar-refractivity contribution in [3.8, 4) is 0 Å². The first-order valence-corrected chi connectivity index (χ1v) is 8.51. The van der Waals surface area contributed by atoms with Crippen molar-refractivity contribution in [2.45, 2.75) is 13.8 Å². The van der Waals surface area contributed by atoms with Gasteiger partial charge in [-0.15, -0.1) is 0 Å². The molecular weight excluding hydrogens is 322 g/mol. The molecule has 0 radical (unpaired) electrons. The van der Waals surface area contributed by atoms with Gasteiger partial charge in [-0.05, 0) is 13.8 Å². The number of nitrogens with zero attached hydrogens (tertiary/aromatic N) is 3. The van der Waals surface area contributed by atoms with Gasteiger partial charge in [0.05, 0.1) is 10.6 Å². The van der Waals surface area contributed by atoms with E-state index in [0.717, 1.165) is 21.9 Å². The minimum absolute atomic E-state index is 0.0859. The lowest BCUT2D eigenvalue weighted by Crippen LogP contribution is -2.20. The van der Waals surface area contributed by atoms with E-state index >= 15 is 0 Å². The van der Waals surface area contributed by atoms with E-state index in [2.05, 4.69) is 31.2 Å². The molecule has 1 heterocycles. The molecule has 5 nitrogen and oxygen atoms in total. The van der Waals surface area contributed by atoms with Gasteiger partial charge >= 0.3 is 0 Å². The van der Waals surface area contributed by atoms with Crippen molar-refractivity contribution in [1.82, 2.24) is 5.01 Å². The van der Waals surface area contributed by atoms with Gasteiger partial charge < -0.3 is 0 Å². The van der Waals surface area contributed by atoms with Crippen LogP contribution in [0.5, 0.6) is 0 Å². The van der Waals surface area contributed by atoms with Crippen LogP contribution in [0.15, 0.2) is 59.0 Å². The van der Waals surface area contributed by atoms with Gasteiger partial charge in [0.2, 0.25) is 0 Å². The third kappa shape index (κ3) is 3.33. The van der Waals surface area contributed by atoms with Crippen molar-refractivity contribution in [1.29, 1.82) is 0 Å². The molecule has 0 N–H and O–H groups in total. The van der Waals surface area contributed by atoms with E-state index in [4.69, 9.17) is 5.10 Å². The van der Waals surface area contributed by atoms with Crippen LogP contribution in [-0.4, -0.2) is 21.5 Å². The molecule has 0 saturated carbocycles. The molecule has 6 heteroatoms. The van der Waals surface area contributed by atoms with E-state index < -0.39 is 0 Å². The lowest BCUT2D eigenvalue weighted by atomic mass is 10.1.